The second-order valence-electron chi connectivity index (χ2n) is 6.32. The van der Waals surface area contributed by atoms with Crippen LogP contribution >= 0.6 is 0 Å². The van der Waals surface area contributed by atoms with Crippen molar-refractivity contribution < 1.29 is 9.53 Å². The lowest BCUT2D eigenvalue weighted by Gasteiger charge is -2.26. The maximum absolute atomic E-state index is 12.1. The number of rotatable bonds is 3. The van der Waals surface area contributed by atoms with Crippen molar-refractivity contribution in [2.75, 3.05) is 11.9 Å². The Morgan fingerprint density at radius 2 is 2.15 bits per heavy atom. The first-order valence-corrected chi connectivity index (χ1v) is 7.21. The molecule has 1 atom stereocenters. The standard InChI is InChI=1S/C16H24N2O2/c1-11(15(19)18-16(2,3)4)20-13-9-5-7-12-8-6-10-17-14(12)13/h5,7,9,11,17H,6,8,10H2,1-4H3,(H,18,19). The first kappa shape index (κ1) is 14.7. The van der Waals surface area contributed by atoms with E-state index >= 15 is 0 Å². The Kier molecular flexibility index (Phi) is 4.21. The number of carbonyl (C=O) groups excluding carboxylic acids is 1. The van der Waals surface area contributed by atoms with Crippen LogP contribution in [0.2, 0.25) is 0 Å². The Morgan fingerprint density at radius 1 is 1.40 bits per heavy atom. The Morgan fingerprint density at radius 3 is 2.85 bits per heavy atom. The molecule has 1 aliphatic rings. The van der Waals surface area contributed by atoms with E-state index in [1.54, 1.807) is 6.92 Å². The molecule has 2 N–H and O–H groups in total. The molecule has 1 aromatic rings. The average Bonchev–Trinajstić information content (AvgIpc) is 2.37. The van der Waals surface area contributed by atoms with Crippen molar-refractivity contribution in [3.05, 3.63) is 23.8 Å². The molecule has 0 spiro atoms. The van der Waals surface area contributed by atoms with E-state index in [9.17, 15) is 4.79 Å². The summed E-state index contributed by atoms with van der Waals surface area (Å²) in [4.78, 5) is 12.1. The molecule has 0 bridgehead atoms. The molecular weight excluding hydrogens is 252 g/mol. The fourth-order valence-corrected chi connectivity index (χ4v) is 2.29. The van der Waals surface area contributed by atoms with Gasteiger partial charge >= 0.3 is 0 Å². The van der Waals surface area contributed by atoms with Crippen molar-refractivity contribution in [1.82, 2.24) is 5.32 Å². The number of hydrogen-bond acceptors (Lipinski definition) is 3. The number of carbonyl (C=O) groups is 1. The van der Waals surface area contributed by atoms with Crippen LogP contribution in [0, 0.1) is 0 Å². The SMILES string of the molecule is CC(Oc1cccc2c1NCCC2)C(=O)NC(C)(C)C. The van der Waals surface area contributed by atoms with Gasteiger partial charge < -0.3 is 15.4 Å². The molecule has 0 aliphatic carbocycles. The second-order valence-corrected chi connectivity index (χ2v) is 6.32. The predicted molar refractivity (Wildman–Crippen MR) is 81.2 cm³/mol. The summed E-state index contributed by atoms with van der Waals surface area (Å²) >= 11 is 0. The minimum absolute atomic E-state index is 0.0917. The third-order valence-electron chi connectivity index (χ3n) is 3.21. The summed E-state index contributed by atoms with van der Waals surface area (Å²) < 4.78 is 5.85. The molecule has 1 amide bonds. The van der Waals surface area contributed by atoms with E-state index in [4.69, 9.17) is 4.74 Å². The summed E-state index contributed by atoms with van der Waals surface area (Å²) in [6.45, 7) is 8.62. The van der Waals surface area contributed by atoms with Crippen LogP contribution in [0.4, 0.5) is 5.69 Å². The smallest absolute Gasteiger partial charge is 0.261 e. The molecule has 1 unspecified atom stereocenters. The van der Waals surface area contributed by atoms with Gasteiger partial charge in [-0.1, -0.05) is 12.1 Å². The molecule has 0 radical (unpaired) electrons. The highest BCUT2D eigenvalue weighted by atomic mass is 16.5. The van der Waals surface area contributed by atoms with E-state index in [2.05, 4.69) is 16.7 Å². The minimum atomic E-state index is -0.510. The predicted octanol–water partition coefficient (Wildman–Crippen LogP) is 2.73. The molecule has 1 aliphatic heterocycles. The number of para-hydroxylation sites is 1. The third kappa shape index (κ3) is 3.65. The summed E-state index contributed by atoms with van der Waals surface area (Å²) in [6, 6.07) is 6.00. The van der Waals surface area contributed by atoms with Crippen molar-refractivity contribution >= 4 is 11.6 Å². The molecule has 4 heteroatoms. The van der Waals surface area contributed by atoms with Crippen LogP contribution < -0.4 is 15.4 Å². The van der Waals surface area contributed by atoms with Crippen LogP contribution in [0.1, 0.15) is 39.7 Å². The number of aryl methyl sites for hydroxylation is 1. The van der Waals surface area contributed by atoms with Gasteiger partial charge in [0.2, 0.25) is 0 Å². The summed E-state index contributed by atoms with van der Waals surface area (Å²) in [7, 11) is 0. The Hall–Kier alpha value is -1.71. The summed E-state index contributed by atoms with van der Waals surface area (Å²) in [5.74, 6) is 0.671. The number of fused-ring (bicyclic) bond motifs is 1. The molecule has 0 saturated heterocycles. The van der Waals surface area contributed by atoms with Crippen LogP contribution in [-0.2, 0) is 11.2 Å². The highest BCUT2D eigenvalue weighted by molar-refractivity contribution is 5.81. The zero-order valence-corrected chi connectivity index (χ0v) is 12.7. The number of hydrogen-bond donors (Lipinski definition) is 2. The van der Waals surface area contributed by atoms with Crippen molar-refractivity contribution in [2.45, 2.75) is 52.2 Å². The van der Waals surface area contributed by atoms with Crippen LogP contribution in [0.5, 0.6) is 5.75 Å². The van der Waals surface area contributed by atoms with Crippen LogP contribution in [0.25, 0.3) is 0 Å². The first-order chi connectivity index (χ1) is 9.37. The molecule has 1 aromatic carbocycles. The van der Waals surface area contributed by atoms with Gasteiger partial charge in [0.05, 0.1) is 5.69 Å². The summed E-state index contributed by atoms with van der Waals surface area (Å²) in [5.41, 5.74) is 2.05. The topological polar surface area (TPSA) is 50.4 Å². The van der Waals surface area contributed by atoms with Crippen LogP contribution in [-0.4, -0.2) is 24.1 Å². The Bertz CT molecular complexity index is 492. The first-order valence-electron chi connectivity index (χ1n) is 7.21. The zero-order valence-electron chi connectivity index (χ0n) is 12.7. The summed E-state index contributed by atoms with van der Waals surface area (Å²) in [6.07, 6.45) is 1.68. The van der Waals surface area contributed by atoms with E-state index in [1.807, 2.05) is 32.9 Å². The van der Waals surface area contributed by atoms with Crippen LogP contribution in [0.3, 0.4) is 0 Å². The molecule has 0 fully saturated rings. The van der Waals surface area contributed by atoms with Gasteiger partial charge in [0.1, 0.15) is 5.75 Å². The van der Waals surface area contributed by atoms with Gasteiger partial charge in [-0.25, -0.2) is 0 Å². The van der Waals surface area contributed by atoms with E-state index in [-0.39, 0.29) is 11.4 Å². The lowest BCUT2D eigenvalue weighted by Crippen LogP contribution is -2.46. The second kappa shape index (κ2) is 5.73. The highest BCUT2D eigenvalue weighted by Crippen LogP contribution is 2.32. The third-order valence-corrected chi connectivity index (χ3v) is 3.21. The number of ether oxygens (including phenoxy) is 1. The van der Waals surface area contributed by atoms with Gasteiger partial charge in [-0.2, -0.15) is 0 Å². The number of amides is 1. The largest absolute Gasteiger partial charge is 0.479 e. The quantitative estimate of drug-likeness (QED) is 0.892. The Balaban J connectivity index is 2.08. The monoisotopic (exact) mass is 276 g/mol. The molecule has 20 heavy (non-hydrogen) atoms. The highest BCUT2D eigenvalue weighted by Gasteiger charge is 2.22. The molecule has 4 nitrogen and oxygen atoms in total. The van der Waals surface area contributed by atoms with Gasteiger partial charge in [-0.15, -0.1) is 0 Å². The van der Waals surface area contributed by atoms with Crippen molar-refractivity contribution in [2.24, 2.45) is 0 Å². The van der Waals surface area contributed by atoms with Gasteiger partial charge in [-0.05, 0) is 52.2 Å². The molecule has 110 valence electrons. The number of nitrogens with one attached hydrogen (secondary N) is 2. The van der Waals surface area contributed by atoms with Gasteiger partial charge in [0.25, 0.3) is 5.91 Å². The maximum atomic E-state index is 12.1. The maximum Gasteiger partial charge on any atom is 0.261 e. The van der Waals surface area contributed by atoms with E-state index in [0.717, 1.165) is 30.8 Å². The Labute approximate surface area is 120 Å². The minimum Gasteiger partial charge on any atom is -0.479 e. The fourth-order valence-electron chi connectivity index (χ4n) is 2.29. The van der Waals surface area contributed by atoms with Gasteiger partial charge in [-0.3, -0.25) is 4.79 Å². The molecule has 0 aromatic heterocycles. The molecule has 2 rings (SSSR count). The van der Waals surface area contributed by atoms with E-state index < -0.39 is 6.10 Å². The van der Waals surface area contributed by atoms with Crippen LogP contribution in [0.15, 0.2) is 18.2 Å². The van der Waals surface area contributed by atoms with Gasteiger partial charge in [0, 0.05) is 12.1 Å². The molecular formula is C16H24N2O2. The lowest BCUT2D eigenvalue weighted by atomic mass is 10.0. The van der Waals surface area contributed by atoms with Gasteiger partial charge in [0.15, 0.2) is 6.10 Å². The summed E-state index contributed by atoms with van der Waals surface area (Å²) in [5, 5.41) is 6.30. The van der Waals surface area contributed by atoms with Crippen molar-refractivity contribution in [3.63, 3.8) is 0 Å². The average molecular weight is 276 g/mol. The fraction of sp³-hybridized carbons (Fsp3) is 0.562. The van der Waals surface area contributed by atoms with Crippen molar-refractivity contribution in [3.8, 4) is 5.75 Å². The zero-order chi connectivity index (χ0) is 14.8. The van der Waals surface area contributed by atoms with E-state index in [0.29, 0.717) is 0 Å². The lowest BCUT2D eigenvalue weighted by molar-refractivity contribution is -0.128. The number of anilines is 1. The van der Waals surface area contributed by atoms with Crippen molar-refractivity contribution in [1.29, 1.82) is 0 Å². The normalized spacial score (nSPS) is 15.8. The molecule has 1 heterocycles. The number of benzene rings is 1. The molecule has 0 saturated carbocycles. The van der Waals surface area contributed by atoms with E-state index in [1.165, 1.54) is 5.56 Å².